The largest absolute Gasteiger partial charge is 0.452 e. The molecule has 0 aliphatic carbocycles. The molecule has 3 aliphatic heterocycles. The Balaban J connectivity index is 0.906. The second-order valence-corrected chi connectivity index (χ2v) is 26.1. The minimum Gasteiger partial charge on any atom is -0.452 e. The predicted octanol–water partition coefficient (Wildman–Crippen LogP) is 13.6. The Labute approximate surface area is 622 Å². The Bertz CT molecular complexity index is 4240. The number of hydrogen-bond donors (Lipinski definition) is 1. The maximum absolute atomic E-state index is 14.6. The molecule has 10 aromatic carbocycles. The van der Waals surface area contributed by atoms with Gasteiger partial charge in [0.2, 0.25) is 0 Å². The highest BCUT2D eigenvalue weighted by molar-refractivity contribution is 5.91. The van der Waals surface area contributed by atoms with Crippen molar-refractivity contribution in [1.29, 1.82) is 0 Å². The lowest BCUT2D eigenvalue weighted by Crippen LogP contribution is -2.67. The fraction of sp³-hybridized carbons (Fsp3) is 0.284. The molecule has 0 aromatic heterocycles. The number of rotatable bonds is 34. The van der Waals surface area contributed by atoms with Crippen LogP contribution in [0.15, 0.2) is 303 Å². The molecule has 552 valence electrons. The lowest BCUT2D eigenvalue weighted by Gasteiger charge is -2.50. The predicted molar refractivity (Wildman–Crippen MR) is 393 cm³/mol. The van der Waals surface area contributed by atoms with Crippen LogP contribution in [-0.2, 0) is 117 Å². The summed E-state index contributed by atoms with van der Waals surface area (Å²) < 4.78 is 104. The van der Waals surface area contributed by atoms with E-state index in [9.17, 15) is 19.5 Å². The SMILES string of the molecule is O=C(O[C@@H]1[C@H](OC(=O)c2ccccc2)[C@@H](O)O[C@H](CO[C@H]2O[C@H](COCc3ccccc3)[C@@H](O[C@@H]3O[C@H](COCc4ccccc4)[C@H](OCc4ccccc4)[C@H](OCc4ccccc4)[C@H]3OCc3ccccc3)[C@H](OCc3ccccc3)[C@H]2OCc2ccccc2)[C@H]1OC(=O)c1ccccc1)c1ccccc1. The lowest BCUT2D eigenvalue weighted by atomic mass is 9.95. The molecule has 1 N–H and O–H groups in total. The molecule has 3 aliphatic rings. The quantitative estimate of drug-likeness (QED) is 0.0293. The van der Waals surface area contributed by atoms with E-state index in [0.29, 0.717) is 0 Å². The van der Waals surface area contributed by atoms with Gasteiger partial charge in [0.15, 0.2) is 37.2 Å². The van der Waals surface area contributed by atoms with E-state index in [1.807, 2.05) is 212 Å². The van der Waals surface area contributed by atoms with Crippen LogP contribution >= 0.6 is 0 Å². The molecule has 107 heavy (non-hydrogen) atoms. The van der Waals surface area contributed by atoms with E-state index in [4.69, 9.17) is 71.1 Å². The van der Waals surface area contributed by atoms with Crippen molar-refractivity contribution < 1.29 is 90.5 Å². The van der Waals surface area contributed by atoms with E-state index >= 15 is 0 Å². The van der Waals surface area contributed by atoms with Crippen LogP contribution in [0.2, 0.25) is 0 Å². The lowest BCUT2D eigenvalue weighted by molar-refractivity contribution is -0.380. The van der Waals surface area contributed by atoms with Crippen molar-refractivity contribution in [3.63, 3.8) is 0 Å². The third-order valence-electron chi connectivity index (χ3n) is 18.5. The number of carbonyl (C=O) groups is 3. The van der Waals surface area contributed by atoms with Gasteiger partial charge in [0.05, 0.1) is 82.8 Å². The minimum absolute atomic E-state index is 0.0108. The molecule has 19 heteroatoms. The monoisotopic (exact) mass is 1450 g/mol. The molecule has 15 atom stereocenters. The van der Waals surface area contributed by atoms with Crippen molar-refractivity contribution in [2.75, 3.05) is 19.8 Å². The molecular formula is C88H86O19. The first-order chi connectivity index (χ1) is 52.7. The Morgan fingerprint density at radius 3 is 0.897 bits per heavy atom. The number of aliphatic hydroxyl groups is 1. The number of esters is 3. The van der Waals surface area contributed by atoms with Crippen molar-refractivity contribution >= 4 is 17.9 Å². The van der Waals surface area contributed by atoms with Gasteiger partial charge >= 0.3 is 17.9 Å². The first kappa shape index (κ1) is 75.3. The number of benzene rings is 10. The van der Waals surface area contributed by atoms with Crippen LogP contribution in [0.4, 0.5) is 0 Å². The molecule has 0 radical (unpaired) electrons. The van der Waals surface area contributed by atoms with Crippen molar-refractivity contribution in [1.82, 2.24) is 0 Å². The Morgan fingerprint density at radius 1 is 0.252 bits per heavy atom. The van der Waals surface area contributed by atoms with E-state index < -0.39 is 117 Å². The van der Waals surface area contributed by atoms with Gasteiger partial charge in [0.1, 0.15) is 54.9 Å². The Hall–Kier alpha value is -9.91. The standard InChI is InChI=1S/C88H86O19/c89-83(68-45-25-8-26-46-68)104-76-73(101-86(92)80(106-85(91)70-49-29-10-30-50-70)79(76)105-84(90)69-47-27-9-28-48-69)60-100-87-81(98-56-66-41-21-6-22-42-66)78(97-55-65-39-19-5-20-40-65)75(72(102-87)59-94-52-62-33-13-2-14-34-62)107-88-82(99-57-67-43-23-7-24-44-67)77(96-54-64-37-17-4-18-38-64)74(95-53-63-35-15-3-16-36-63)71(103-88)58-93-51-61-31-11-1-12-32-61/h1-50,71-82,86-88,92H,51-60H2/t71-,72-,73-,74+,75-,76-,77+,78+,79+,80+,81-,82-,86+,87+,88+/m1/s1. The van der Waals surface area contributed by atoms with E-state index in [2.05, 4.69) is 0 Å². The summed E-state index contributed by atoms with van der Waals surface area (Å²) in [6, 6.07) is 92.6. The maximum atomic E-state index is 14.6. The van der Waals surface area contributed by atoms with Gasteiger partial charge in [0.25, 0.3) is 0 Å². The van der Waals surface area contributed by atoms with Gasteiger partial charge in [-0.2, -0.15) is 0 Å². The molecule has 10 aromatic rings. The molecule has 3 fully saturated rings. The highest BCUT2D eigenvalue weighted by Gasteiger charge is 2.57. The van der Waals surface area contributed by atoms with Crippen LogP contribution in [-0.4, -0.2) is 135 Å². The van der Waals surface area contributed by atoms with Gasteiger partial charge in [-0.3, -0.25) is 0 Å². The van der Waals surface area contributed by atoms with Crippen molar-refractivity contribution in [2.24, 2.45) is 0 Å². The summed E-state index contributed by atoms with van der Waals surface area (Å²) >= 11 is 0. The van der Waals surface area contributed by atoms with Crippen molar-refractivity contribution in [3.05, 3.63) is 359 Å². The topological polar surface area (TPSA) is 210 Å². The second-order valence-electron chi connectivity index (χ2n) is 26.1. The molecule has 19 nitrogen and oxygen atoms in total. The molecule has 0 spiro atoms. The third-order valence-corrected chi connectivity index (χ3v) is 18.5. The van der Waals surface area contributed by atoms with Gasteiger partial charge in [0, 0.05) is 0 Å². The number of ether oxygens (including phenoxy) is 15. The average molecular weight is 1450 g/mol. The molecule has 3 heterocycles. The van der Waals surface area contributed by atoms with E-state index in [-0.39, 0.29) is 76.2 Å². The molecular weight excluding hydrogens is 1360 g/mol. The highest BCUT2D eigenvalue weighted by Crippen LogP contribution is 2.39. The maximum Gasteiger partial charge on any atom is 0.338 e. The van der Waals surface area contributed by atoms with Crippen molar-refractivity contribution in [2.45, 2.75) is 138 Å². The van der Waals surface area contributed by atoms with Crippen LogP contribution in [0.3, 0.4) is 0 Å². The van der Waals surface area contributed by atoms with E-state index in [0.717, 1.165) is 38.9 Å². The fourth-order valence-electron chi connectivity index (χ4n) is 13.0. The summed E-state index contributed by atoms with van der Waals surface area (Å²) in [6.07, 6.45) is -19.9. The molecule has 0 bridgehead atoms. The van der Waals surface area contributed by atoms with E-state index in [1.54, 1.807) is 66.7 Å². The summed E-state index contributed by atoms with van der Waals surface area (Å²) in [4.78, 5) is 43.1. The summed E-state index contributed by atoms with van der Waals surface area (Å²) in [5.74, 6) is -2.63. The third kappa shape index (κ3) is 21.2. The normalized spacial score (nSPS) is 24.2. The van der Waals surface area contributed by atoms with Gasteiger partial charge in [-0.25, -0.2) is 14.4 Å². The first-order valence-electron chi connectivity index (χ1n) is 35.9. The zero-order valence-corrected chi connectivity index (χ0v) is 58.9. The summed E-state index contributed by atoms with van der Waals surface area (Å²) in [6.45, 7) is 0.125. The second kappa shape index (κ2) is 39.1. The van der Waals surface area contributed by atoms with Gasteiger partial charge in [-0.1, -0.05) is 267 Å². The fourth-order valence-corrected chi connectivity index (χ4v) is 13.0. The summed E-state index contributed by atoms with van der Waals surface area (Å²) in [5.41, 5.74) is 6.45. The van der Waals surface area contributed by atoms with Gasteiger partial charge in [-0.05, 0) is 75.3 Å². The van der Waals surface area contributed by atoms with Crippen LogP contribution < -0.4 is 0 Å². The molecule has 0 amide bonds. The van der Waals surface area contributed by atoms with Crippen molar-refractivity contribution in [3.8, 4) is 0 Å². The van der Waals surface area contributed by atoms with E-state index in [1.165, 1.54) is 24.3 Å². The summed E-state index contributed by atoms with van der Waals surface area (Å²) in [7, 11) is 0. The van der Waals surface area contributed by atoms with Crippen LogP contribution in [0.1, 0.15) is 70.0 Å². The molecule has 0 unspecified atom stereocenters. The Morgan fingerprint density at radius 2 is 0.523 bits per heavy atom. The Kier molecular flexibility index (Phi) is 27.5. The first-order valence-corrected chi connectivity index (χ1v) is 35.9. The smallest absolute Gasteiger partial charge is 0.338 e. The van der Waals surface area contributed by atoms with Gasteiger partial charge < -0.3 is 76.2 Å². The van der Waals surface area contributed by atoms with Crippen LogP contribution in [0, 0.1) is 0 Å². The molecule has 3 saturated heterocycles. The zero-order valence-electron chi connectivity index (χ0n) is 58.9. The van der Waals surface area contributed by atoms with Gasteiger partial charge in [-0.15, -0.1) is 0 Å². The van der Waals surface area contributed by atoms with Crippen LogP contribution in [0.5, 0.6) is 0 Å². The van der Waals surface area contributed by atoms with Crippen LogP contribution in [0.25, 0.3) is 0 Å². The molecule has 0 saturated carbocycles. The number of carbonyl (C=O) groups excluding carboxylic acids is 3. The number of hydrogen-bond acceptors (Lipinski definition) is 19. The number of aliphatic hydroxyl groups excluding tert-OH is 1. The molecule has 13 rings (SSSR count). The zero-order chi connectivity index (χ0) is 73.2. The summed E-state index contributed by atoms with van der Waals surface area (Å²) in [5, 5.41) is 12.3. The highest BCUT2D eigenvalue weighted by atomic mass is 16.8. The average Bonchev–Trinajstić information content (AvgIpc) is 0.770. The minimum atomic E-state index is -2.02.